The molecule has 0 radical (unpaired) electrons. The van der Waals surface area contributed by atoms with Crippen LogP contribution >= 0.6 is 0 Å². The third-order valence-corrected chi connectivity index (χ3v) is 9.03. The maximum atomic E-state index is 14.2. The summed E-state index contributed by atoms with van der Waals surface area (Å²) in [7, 11) is -1.03. The maximum absolute atomic E-state index is 14.2. The average Bonchev–Trinajstić information content (AvgIpc) is 3.44. The Bertz CT molecular complexity index is 1440. The van der Waals surface area contributed by atoms with Gasteiger partial charge in [-0.3, -0.25) is 14.3 Å². The first-order valence-corrected chi connectivity index (χ1v) is 16.6. The number of imidazole rings is 1. The van der Waals surface area contributed by atoms with Gasteiger partial charge in [0.25, 0.3) is 15.9 Å². The standard InChI is InChI=1S/C30H44F3N5O7S/c1-20-15-38(21(2)18-39)29(41)24-14-23(35-46(42,43)27-17-36(4)19-34-27)9-10-25(24)45-22(3)8-6-7-13-44-26(20)16-37(5)28(40)11-12-30(31,32)33/h9-10,14,17,19-22,26,35,39H,6-8,11-13,15-16,18H2,1-5H3/t20-,21+,22-,26+/m1/s1. The van der Waals surface area contributed by atoms with Crippen molar-refractivity contribution >= 4 is 27.5 Å². The SMILES string of the molecule is C[C@@H]1CCCCO[C@@H](CN(C)C(=O)CCC(F)(F)F)[C@H](C)CN([C@@H](C)CO)C(=O)c2cc(NS(=O)(=O)c3cn(C)cn3)ccc2O1. The van der Waals surface area contributed by atoms with Crippen LogP contribution in [0.2, 0.25) is 0 Å². The van der Waals surface area contributed by atoms with Crippen LogP contribution < -0.4 is 9.46 Å². The number of likely N-dealkylation sites (N-methyl/N-ethyl adjacent to an activating group) is 1. The Balaban J connectivity index is 1.95. The number of aromatic nitrogens is 2. The molecule has 1 aromatic carbocycles. The highest BCUT2D eigenvalue weighted by atomic mass is 32.2. The lowest BCUT2D eigenvalue weighted by Crippen LogP contribution is -2.48. The quantitative estimate of drug-likeness (QED) is 0.409. The van der Waals surface area contributed by atoms with E-state index in [9.17, 15) is 36.3 Å². The van der Waals surface area contributed by atoms with E-state index in [0.717, 1.165) is 0 Å². The maximum Gasteiger partial charge on any atom is 0.389 e. The van der Waals surface area contributed by atoms with E-state index in [2.05, 4.69) is 9.71 Å². The molecule has 12 nitrogen and oxygen atoms in total. The molecule has 46 heavy (non-hydrogen) atoms. The number of anilines is 1. The zero-order valence-corrected chi connectivity index (χ0v) is 27.6. The summed E-state index contributed by atoms with van der Waals surface area (Å²) in [5.74, 6) is -1.40. The second-order valence-corrected chi connectivity index (χ2v) is 13.5. The molecule has 0 spiro atoms. The monoisotopic (exact) mass is 675 g/mol. The van der Waals surface area contributed by atoms with Crippen molar-refractivity contribution in [2.75, 3.05) is 38.1 Å². The second-order valence-electron chi connectivity index (χ2n) is 11.9. The zero-order chi connectivity index (χ0) is 34.2. The van der Waals surface area contributed by atoms with Crippen LogP contribution in [0.5, 0.6) is 5.75 Å². The lowest BCUT2D eigenvalue weighted by atomic mass is 10.0. The lowest BCUT2D eigenvalue weighted by Gasteiger charge is -2.36. The molecule has 1 aliphatic heterocycles. The first kappa shape index (κ1) is 37.1. The Labute approximate surface area is 267 Å². The number of carbonyl (C=O) groups is 2. The molecule has 0 fully saturated rings. The predicted molar refractivity (Wildman–Crippen MR) is 164 cm³/mol. The number of halogens is 3. The van der Waals surface area contributed by atoms with E-state index in [0.29, 0.717) is 25.9 Å². The molecule has 0 bridgehead atoms. The number of aliphatic hydroxyl groups excluding tert-OH is 1. The van der Waals surface area contributed by atoms with Gasteiger partial charge in [-0.25, -0.2) is 4.98 Å². The summed E-state index contributed by atoms with van der Waals surface area (Å²) in [4.78, 5) is 33.2. The van der Waals surface area contributed by atoms with Crippen LogP contribution in [0.3, 0.4) is 0 Å². The molecule has 258 valence electrons. The third-order valence-electron chi connectivity index (χ3n) is 7.76. The Morgan fingerprint density at radius 2 is 1.98 bits per heavy atom. The molecule has 1 aromatic heterocycles. The number of hydrogen-bond donors (Lipinski definition) is 2. The minimum absolute atomic E-state index is 0.00292. The highest BCUT2D eigenvalue weighted by Gasteiger charge is 2.33. The summed E-state index contributed by atoms with van der Waals surface area (Å²) in [5.41, 5.74) is 0.162. The number of amides is 2. The molecule has 3 rings (SSSR count). The molecule has 2 aromatic rings. The molecule has 2 N–H and O–H groups in total. The van der Waals surface area contributed by atoms with Gasteiger partial charge in [0.2, 0.25) is 5.91 Å². The Kier molecular flexibility index (Phi) is 12.9. The predicted octanol–water partition coefficient (Wildman–Crippen LogP) is 3.82. The molecule has 16 heteroatoms. The van der Waals surface area contributed by atoms with Gasteiger partial charge in [-0.05, 0) is 51.3 Å². The largest absolute Gasteiger partial charge is 0.490 e. The molecule has 0 unspecified atom stereocenters. The van der Waals surface area contributed by atoms with Gasteiger partial charge < -0.3 is 28.9 Å². The number of fused-ring (bicyclic) bond motifs is 1. The molecule has 2 amide bonds. The van der Waals surface area contributed by atoms with Crippen molar-refractivity contribution in [2.24, 2.45) is 13.0 Å². The molecular formula is C30H44F3N5O7S. The van der Waals surface area contributed by atoms with E-state index in [-0.39, 0.29) is 41.2 Å². The molecule has 0 saturated heterocycles. The van der Waals surface area contributed by atoms with Crippen LogP contribution in [-0.2, 0) is 26.6 Å². The number of nitrogens with one attached hydrogen (secondary N) is 1. The van der Waals surface area contributed by atoms with Crippen molar-refractivity contribution in [1.82, 2.24) is 19.4 Å². The van der Waals surface area contributed by atoms with E-state index in [1.165, 1.54) is 52.1 Å². The number of carbonyl (C=O) groups excluding carboxylic acids is 2. The van der Waals surface area contributed by atoms with Crippen LogP contribution in [0.15, 0.2) is 35.7 Å². The van der Waals surface area contributed by atoms with Crippen molar-refractivity contribution in [3.8, 4) is 5.75 Å². The first-order chi connectivity index (χ1) is 21.5. The number of rotatable bonds is 9. The van der Waals surface area contributed by atoms with Gasteiger partial charge in [0.1, 0.15) is 5.75 Å². The molecule has 0 saturated carbocycles. The van der Waals surface area contributed by atoms with E-state index in [4.69, 9.17) is 9.47 Å². The summed E-state index contributed by atoms with van der Waals surface area (Å²) in [6, 6.07) is 3.69. The fraction of sp³-hybridized carbons (Fsp3) is 0.633. The van der Waals surface area contributed by atoms with E-state index in [1.54, 1.807) is 20.9 Å². The minimum atomic E-state index is -4.46. The highest BCUT2D eigenvalue weighted by molar-refractivity contribution is 7.92. The number of aryl methyl sites for hydroxylation is 1. The summed E-state index contributed by atoms with van der Waals surface area (Å²) < 4.78 is 80.4. The third kappa shape index (κ3) is 10.6. The fourth-order valence-corrected chi connectivity index (χ4v) is 6.03. The van der Waals surface area contributed by atoms with Crippen LogP contribution in [0, 0.1) is 5.92 Å². The minimum Gasteiger partial charge on any atom is -0.490 e. The fourth-order valence-electron chi connectivity index (χ4n) is 4.99. The first-order valence-electron chi connectivity index (χ1n) is 15.2. The Morgan fingerprint density at radius 1 is 1.26 bits per heavy atom. The number of nitrogens with zero attached hydrogens (tertiary/aromatic N) is 4. The Morgan fingerprint density at radius 3 is 2.61 bits per heavy atom. The van der Waals surface area contributed by atoms with Crippen LogP contribution in [0.4, 0.5) is 18.9 Å². The lowest BCUT2D eigenvalue weighted by molar-refractivity contribution is -0.149. The highest BCUT2D eigenvalue weighted by Crippen LogP contribution is 2.29. The molecule has 2 heterocycles. The van der Waals surface area contributed by atoms with Crippen molar-refractivity contribution < 1.29 is 45.8 Å². The summed E-state index contributed by atoms with van der Waals surface area (Å²) in [5, 5.41) is 9.89. The van der Waals surface area contributed by atoms with Crippen LogP contribution in [-0.4, -0.2) is 102 Å². The number of ether oxygens (including phenoxy) is 2. The van der Waals surface area contributed by atoms with Crippen molar-refractivity contribution in [1.29, 1.82) is 0 Å². The average molecular weight is 676 g/mol. The summed E-state index contributed by atoms with van der Waals surface area (Å²) in [6.45, 7) is 5.28. The number of aliphatic hydroxyl groups is 1. The summed E-state index contributed by atoms with van der Waals surface area (Å²) >= 11 is 0. The van der Waals surface area contributed by atoms with Crippen LogP contribution in [0.25, 0.3) is 0 Å². The van der Waals surface area contributed by atoms with E-state index >= 15 is 0 Å². The normalized spacial score (nSPS) is 21.1. The van der Waals surface area contributed by atoms with Crippen molar-refractivity contribution in [2.45, 2.75) is 82.3 Å². The van der Waals surface area contributed by atoms with Crippen molar-refractivity contribution in [3.05, 3.63) is 36.3 Å². The molecular weight excluding hydrogens is 631 g/mol. The van der Waals surface area contributed by atoms with Gasteiger partial charge in [0.05, 0.1) is 43.2 Å². The molecule has 1 aliphatic rings. The number of benzene rings is 1. The van der Waals surface area contributed by atoms with Gasteiger partial charge in [0.15, 0.2) is 5.03 Å². The number of hydrogen-bond acceptors (Lipinski definition) is 8. The van der Waals surface area contributed by atoms with Gasteiger partial charge >= 0.3 is 6.18 Å². The van der Waals surface area contributed by atoms with Gasteiger partial charge in [-0.15, -0.1) is 0 Å². The number of alkyl halides is 3. The topological polar surface area (TPSA) is 143 Å². The molecule has 0 aliphatic carbocycles. The smallest absolute Gasteiger partial charge is 0.389 e. The number of sulfonamides is 1. The summed E-state index contributed by atoms with van der Waals surface area (Å²) in [6.07, 6.45) is -2.67. The van der Waals surface area contributed by atoms with Gasteiger partial charge in [-0.2, -0.15) is 21.6 Å². The Hall–Kier alpha value is -3.37. The van der Waals surface area contributed by atoms with Gasteiger partial charge in [0, 0.05) is 58.0 Å². The van der Waals surface area contributed by atoms with E-state index in [1.807, 2.05) is 6.92 Å². The second kappa shape index (κ2) is 16.0. The van der Waals surface area contributed by atoms with Crippen molar-refractivity contribution in [3.63, 3.8) is 0 Å². The zero-order valence-electron chi connectivity index (χ0n) is 26.8. The van der Waals surface area contributed by atoms with Gasteiger partial charge in [-0.1, -0.05) is 6.92 Å². The van der Waals surface area contributed by atoms with E-state index < -0.39 is 65.5 Å². The molecule has 4 atom stereocenters. The van der Waals surface area contributed by atoms with Crippen LogP contribution in [0.1, 0.15) is 63.2 Å².